The van der Waals surface area contributed by atoms with Crippen molar-refractivity contribution in [3.8, 4) is 0 Å². The maximum absolute atomic E-state index is 12.3. The molecule has 0 saturated heterocycles. The van der Waals surface area contributed by atoms with Gasteiger partial charge in [-0.25, -0.2) is 4.79 Å². The molecular formula is C15H14Cl2N2O2. The maximum Gasteiger partial charge on any atom is 0.326 e. The summed E-state index contributed by atoms with van der Waals surface area (Å²) in [6, 6.07) is 13.6. The van der Waals surface area contributed by atoms with Gasteiger partial charge in [0.25, 0.3) is 0 Å². The van der Waals surface area contributed by atoms with Crippen molar-refractivity contribution in [2.45, 2.75) is 0 Å². The molecule has 0 radical (unpaired) electrons. The Morgan fingerprint density at radius 2 is 1.81 bits per heavy atom. The van der Waals surface area contributed by atoms with Gasteiger partial charge in [0.15, 0.2) is 0 Å². The van der Waals surface area contributed by atoms with Gasteiger partial charge in [0, 0.05) is 11.4 Å². The Hall–Kier alpha value is -1.75. The largest absolute Gasteiger partial charge is 0.395 e. The number of hydrogen-bond donors (Lipinski definition) is 2. The molecule has 4 nitrogen and oxygen atoms in total. The molecule has 2 amide bonds. The van der Waals surface area contributed by atoms with Gasteiger partial charge in [0.05, 0.1) is 23.2 Å². The molecule has 0 fully saturated rings. The SMILES string of the molecule is O=C(Nc1ccc(Cl)c(Cl)c1)N(CCO)c1ccccc1. The number of anilines is 2. The topological polar surface area (TPSA) is 52.6 Å². The van der Waals surface area contributed by atoms with E-state index in [1.807, 2.05) is 18.2 Å². The normalized spacial score (nSPS) is 10.2. The van der Waals surface area contributed by atoms with Crippen molar-refractivity contribution >= 4 is 40.6 Å². The average Bonchev–Trinajstić information content (AvgIpc) is 2.49. The fourth-order valence-electron chi connectivity index (χ4n) is 1.82. The Morgan fingerprint density at radius 3 is 2.43 bits per heavy atom. The van der Waals surface area contributed by atoms with Gasteiger partial charge in [-0.2, -0.15) is 0 Å². The molecule has 0 heterocycles. The summed E-state index contributed by atoms with van der Waals surface area (Å²) in [4.78, 5) is 13.8. The van der Waals surface area contributed by atoms with Gasteiger partial charge < -0.3 is 10.4 Å². The number of para-hydroxylation sites is 1. The second kappa shape index (κ2) is 7.31. The molecule has 0 aliphatic heterocycles. The predicted molar refractivity (Wildman–Crippen MR) is 86.4 cm³/mol. The van der Waals surface area contributed by atoms with Gasteiger partial charge in [0.2, 0.25) is 0 Å². The van der Waals surface area contributed by atoms with Crippen LogP contribution in [0.1, 0.15) is 0 Å². The lowest BCUT2D eigenvalue weighted by Crippen LogP contribution is -2.37. The molecule has 0 atom stereocenters. The summed E-state index contributed by atoms with van der Waals surface area (Å²) in [5.74, 6) is 0. The Bertz CT molecular complexity index is 620. The number of nitrogens with one attached hydrogen (secondary N) is 1. The minimum Gasteiger partial charge on any atom is -0.395 e. The third-order valence-corrected chi connectivity index (χ3v) is 3.55. The maximum atomic E-state index is 12.3. The fraction of sp³-hybridized carbons (Fsp3) is 0.133. The van der Waals surface area contributed by atoms with Crippen LogP contribution < -0.4 is 10.2 Å². The van der Waals surface area contributed by atoms with Gasteiger partial charge in [-0.3, -0.25) is 4.90 Å². The third kappa shape index (κ3) is 4.11. The Morgan fingerprint density at radius 1 is 1.10 bits per heavy atom. The summed E-state index contributed by atoms with van der Waals surface area (Å²) in [7, 11) is 0. The van der Waals surface area contributed by atoms with E-state index in [0.717, 1.165) is 0 Å². The summed E-state index contributed by atoms with van der Waals surface area (Å²) in [5.41, 5.74) is 1.23. The van der Waals surface area contributed by atoms with Crippen LogP contribution in [0.5, 0.6) is 0 Å². The molecule has 0 saturated carbocycles. The molecule has 6 heteroatoms. The van der Waals surface area contributed by atoms with Crippen molar-refractivity contribution in [3.05, 3.63) is 58.6 Å². The number of halogens is 2. The Labute approximate surface area is 132 Å². The van der Waals surface area contributed by atoms with Crippen molar-refractivity contribution in [2.75, 3.05) is 23.4 Å². The number of carbonyl (C=O) groups excluding carboxylic acids is 1. The lowest BCUT2D eigenvalue weighted by molar-refractivity contribution is 0.252. The molecule has 21 heavy (non-hydrogen) atoms. The first-order valence-electron chi connectivity index (χ1n) is 6.31. The van der Waals surface area contributed by atoms with Gasteiger partial charge in [-0.1, -0.05) is 41.4 Å². The number of rotatable bonds is 4. The molecule has 0 unspecified atom stereocenters. The number of hydrogen-bond acceptors (Lipinski definition) is 2. The average molecular weight is 325 g/mol. The molecule has 0 aliphatic carbocycles. The minimum atomic E-state index is -0.353. The zero-order valence-corrected chi connectivity index (χ0v) is 12.6. The number of benzene rings is 2. The number of carbonyl (C=O) groups is 1. The van der Waals surface area contributed by atoms with Crippen LogP contribution in [0.2, 0.25) is 10.0 Å². The van der Waals surface area contributed by atoms with E-state index in [4.69, 9.17) is 28.3 Å². The number of aliphatic hydroxyl groups excluding tert-OH is 1. The van der Waals surface area contributed by atoms with E-state index in [1.54, 1.807) is 30.3 Å². The quantitative estimate of drug-likeness (QED) is 0.892. The number of nitrogens with zero attached hydrogens (tertiary/aromatic N) is 1. The van der Waals surface area contributed by atoms with Crippen LogP contribution in [0.15, 0.2) is 48.5 Å². The minimum absolute atomic E-state index is 0.135. The van der Waals surface area contributed by atoms with E-state index in [-0.39, 0.29) is 19.2 Å². The third-order valence-electron chi connectivity index (χ3n) is 2.81. The highest BCUT2D eigenvalue weighted by molar-refractivity contribution is 6.42. The van der Waals surface area contributed by atoms with Crippen LogP contribution in [-0.4, -0.2) is 24.3 Å². The second-order valence-electron chi connectivity index (χ2n) is 4.27. The Kier molecular flexibility index (Phi) is 5.44. The van der Waals surface area contributed by atoms with E-state index in [1.165, 1.54) is 4.90 Å². The number of urea groups is 1. The lowest BCUT2D eigenvalue weighted by atomic mass is 10.3. The van der Waals surface area contributed by atoms with E-state index >= 15 is 0 Å². The summed E-state index contributed by atoms with van der Waals surface area (Å²) in [6.45, 7) is 0.0564. The van der Waals surface area contributed by atoms with Crippen molar-refractivity contribution in [3.63, 3.8) is 0 Å². The first kappa shape index (κ1) is 15.6. The van der Waals surface area contributed by atoms with Crippen LogP contribution in [-0.2, 0) is 0 Å². The molecule has 2 rings (SSSR count). The lowest BCUT2D eigenvalue weighted by Gasteiger charge is -2.22. The molecule has 110 valence electrons. The number of aliphatic hydroxyl groups is 1. The molecule has 0 aliphatic rings. The van der Waals surface area contributed by atoms with Crippen LogP contribution >= 0.6 is 23.2 Å². The molecule has 0 bridgehead atoms. The van der Waals surface area contributed by atoms with Gasteiger partial charge in [0.1, 0.15) is 0 Å². The molecule has 2 aromatic rings. The highest BCUT2D eigenvalue weighted by Gasteiger charge is 2.15. The van der Waals surface area contributed by atoms with Crippen molar-refractivity contribution < 1.29 is 9.90 Å². The zero-order valence-electron chi connectivity index (χ0n) is 11.1. The molecule has 0 spiro atoms. The first-order valence-corrected chi connectivity index (χ1v) is 7.07. The molecule has 2 aromatic carbocycles. The van der Waals surface area contributed by atoms with Gasteiger partial charge in [-0.15, -0.1) is 0 Å². The van der Waals surface area contributed by atoms with Crippen LogP contribution in [0.3, 0.4) is 0 Å². The highest BCUT2D eigenvalue weighted by atomic mass is 35.5. The van der Waals surface area contributed by atoms with E-state index in [2.05, 4.69) is 5.32 Å². The van der Waals surface area contributed by atoms with E-state index in [9.17, 15) is 4.79 Å². The summed E-state index contributed by atoms with van der Waals surface area (Å²) in [6.07, 6.45) is 0. The molecular weight excluding hydrogens is 311 g/mol. The van der Waals surface area contributed by atoms with Crippen LogP contribution in [0.25, 0.3) is 0 Å². The zero-order chi connectivity index (χ0) is 15.2. The van der Waals surface area contributed by atoms with Crippen LogP contribution in [0.4, 0.5) is 16.2 Å². The molecule has 0 aromatic heterocycles. The highest BCUT2D eigenvalue weighted by Crippen LogP contribution is 2.25. The summed E-state index contributed by atoms with van der Waals surface area (Å²) < 4.78 is 0. The number of amides is 2. The smallest absolute Gasteiger partial charge is 0.326 e. The first-order chi connectivity index (χ1) is 10.1. The Balaban J connectivity index is 2.17. The standard InChI is InChI=1S/C15H14Cl2N2O2/c16-13-7-6-11(10-14(13)17)18-15(21)19(8-9-20)12-4-2-1-3-5-12/h1-7,10,20H,8-9H2,(H,18,21). The van der Waals surface area contributed by atoms with Crippen molar-refractivity contribution in [1.82, 2.24) is 0 Å². The van der Waals surface area contributed by atoms with Crippen molar-refractivity contribution in [1.29, 1.82) is 0 Å². The summed E-state index contributed by atoms with van der Waals surface area (Å²) in [5, 5.41) is 12.6. The van der Waals surface area contributed by atoms with Crippen LogP contribution in [0, 0.1) is 0 Å². The van der Waals surface area contributed by atoms with Crippen molar-refractivity contribution in [2.24, 2.45) is 0 Å². The predicted octanol–water partition coefficient (Wildman–Crippen LogP) is 4.02. The van der Waals surface area contributed by atoms with E-state index in [0.29, 0.717) is 21.4 Å². The second-order valence-corrected chi connectivity index (χ2v) is 5.08. The van der Waals surface area contributed by atoms with Gasteiger partial charge in [-0.05, 0) is 30.3 Å². The van der Waals surface area contributed by atoms with E-state index < -0.39 is 0 Å². The monoisotopic (exact) mass is 324 g/mol. The van der Waals surface area contributed by atoms with Gasteiger partial charge >= 0.3 is 6.03 Å². The fourth-order valence-corrected chi connectivity index (χ4v) is 2.12. The molecule has 2 N–H and O–H groups in total. The summed E-state index contributed by atoms with van der Waals surface area (Å²) >= 11 is 11.8.